The zero-order valence-corrected chi connectivity index (χ0v) is 14.6. The summed E-state index contributed by atoms with van der Waals surface area (Å²) in [6, 6.07) is 12.0. The van der Waals surface area contributed by atoms with Gasteiger partial charge in [-0.2, -0.15) is 5.26 Å². The van der Waals surface area contributed by atoms with Crippen LogP contribution in [0.2, 0.25) is 0 Å². The van der Waals surface area contributed by atoms with Gasteiger partial charge >= 0.3 is 5.97 Å². The van der Waals surface area contributed by atoms with Gasteiger partial charge in [0.15, 0.2) is 5.13 Å². The Hall–Kier alpha value is -3.02. The molecule has 0 fully saturated rings. The number of nitrogens with one attached hydrogen (secondary N) is 1. The van der Waals surface area contributed by atoms with E-state index in [1.54, 1.807) is 18.2 Å². The number of hydrogen-bond acceptors (Lipinski definition) is 7. The van der Waals surface area contributed by atoms with E-state index in [2.05, 4.69) is 21.1 Å². The number of thiazole rings is 1. The van der Waals surface area contributed by atoms with Crippen molar-refractivity contribution in [3.8, 4) is 16.6 Å². The molecule has 0 bridgehead atoms. The lowest BCUT2D eigenvalue weighted by Crippen LogP contribution is -2.13. The van der Waals surface area contributed by atoms with Crippen LogP contribution in [0.15, 0.2) is 41.8 Å². The largest absolute Gasteiger partial charge is 0.465 e. The van der Waals surface area contributed by atoms with E-state index in [0.29, 0.717) is 21.3 Å². The predicted molar refractivity (Wildman–Crippen MR) is 95.9 cm³/mol. The minimum absolute atomic E-state index is 0.284. The summed E-state index contributed by atoms with van der Waals surface area (Å²) in [6.45, 7) is 0. The average molecular weight is 369 g/mol. The lowest BCUT2D eigenvalue weighted by molar-refractivity contribution is 0.0600. The van der Waals surface area contributed by atoms with Crippen LogP contribution >= 0.6 is 22.7 Å². The molecule has 3 aromatic rings. The van der Waals surface area contributed by atoms with Crippen molar-refractivity contribution in [2.45, 2.75) is 0 Å². The first-order valence-electron chi connectivity index (χ1n) is 7.07. The Bertz CT molecular complexity index is 971. The van der Waals surface area contributed by atoms with Crippen LogP contribution in [0.1, 0.15) is 25.6 Å². The summed E-state index contributed by atoms with van der Waals surface area (Å²) in [5.74, 6) is -0.933. The number of amides is 1. The van der Waals surface area contributed by atoms with Crippen molar-refractivity contribution in [1.82, 2.24) is 4.98 Å². The first-order valence-corrected chi connectivity index (χ1v) is 8.76. The third kappa shape index (κ3) is 3.57. The molecule has 124 valence electrons. The van der Waals surface area contributed by atoms with Crippen LogP contribution in [0.25, 0.3) is 10.6 Å². The van der Waals surface area contributed by atoms with E-state index in [9.17, 15) is 14.9 Å². The smallest absolute Gasteiger partial charge is 0.337 e. The minimum Gasteiger partial charge on any atom is -0.465 e. The Morgan fingerprint density at radius 3 is 2.72 bits per heavy atom. The summed E-state index contributed by atoms with van der Waals surface area (Å²) in [7, 11) is 1.28. The second kappa shape index (κ2) is 7.25. The quantitative estimate of drug-likeness (QED) is 0.707. The fourth-order valence-electron chi connectivity index (χ4n) is 2.10. The summed E-state index contributed by atoms with van der Waals surface area (Å²) in [6.07, 6.45) is 0. The maximum atomic E-state index is 12.4. The molecule has 0 unspecified atom stereocenters. The number of thiophene rings is 1. The molecule has 25 heavy (non-hydrogen) atoms. The maximum Gasteiger partial charge on any atom is 0.337 e. The molecule has 2 aromatic heterocycles. The number of esters is 1. The van der Waals surface area contributed by atoms with Crippen LogP contribution in [0, 0.1) is 11.3 Å². The van der Waals surface area contributed by atoms with Crippen molar-refractivity contribution < 1.29 is 14.3 Å². The standard InChI is InChI=1S/C17H11N3O3S2/c1-23-16(22)11-5-2-4-10(8-11)15(21)20-17-19-14(13(9-18)25-17)12-6-3-7-24-12/h2-8H,1H3,(H,19,20,21). The van der Waals surface area contributed by atoms with Crippen LogP contribution in [0.4, 0.5) is 5.13 Å². The average Bonchev–Trinajstić information content (AvgIpc) is 3.30. The summed E-state index contributed by atoms with van der Waals surface area (Å²) >= 11 is 2.58. The van der Waals surface area contributed by atoms with Gasteiger partial charge in [0, 0.05) is 5.56 Å². The highest BCUT2D eigenvalue weighted by Gasteiger charge is 2.17. The van der Waals surface area contributed by atoms with Crippen LogP contribution in [0.3, 0.4) is 0 Å². The third-order valence-corrected chi connectivity index (χ3v) is 5.00. The Morgan fingerprint density at radius 1 is 1.24 bits per heavy atom. The Balaban J connectivity index is 1.85. The Kier molecular flexibility index (Phi) is 4.88. The molecular weight excluding hydrogens is 358 g/mol. The maximum absolute atomic E-state index is 12.4. The lowest BCUT2D eigenvalue weighted by Gasteiger charge is -2.04. The molecule has 0 aliphatic heterocycles. The number of carbonyl (C=O) groups excluding carboxylic acids is 2. The van der Waals surface area contributed by atoms with Crippen LogP contribution in [-0.2, 0) is 4.74 Å². The van der Waals surface area contributed by atoms with Crippen LogP contribution < -0.4 is 5.32 Å². The van der Waals surface area contributed by atoms with E-state index < -0.39 is 11.9 Å². The van der Waals surface area contributed by atoms with Crippen LogP contribution in [0.5, 0.6) is 0 Å². The number of anilines is 1. The fourth-order valence-corrected chi connectivity index (χ4v) is 3.66. The highest BCUT2D eigenvalue weighted by molar-refractivity contribution is 7.18. The number of nitriles is 1. The van der Waals surface area contributed by atoms with Crippen molar-refractivity contribution in [3.63, 3.8) is 0 Å². The van der Waals surface area contributed by atoms with E-state index in [0.717, 1.165) is 16.2 Å². The summed E-state index contributed by atoms with van der Waals surface area (Å²) in [5, 5.41) is 14.2. The number of hydrogen-bond donors (Lipinski definition) is 1. The lowest BCUT2D eigenvalue weighted by atomic mass is 10.1. The van der Waals surface area contributed by atoms with Gasteiger partial charge < -0.3 is 4.74 Å². The van der Waals surface area contributed by atoms with Gasteiger partial charge in [0.05, 0.1) is 17.6 Å². The van der Waals surface area contributed by atoms with E-state index >= 15 is 0 Å². The molecule has 1 aromatic carbocycles. The van der Waals surface area contributed by atoms with Crippen molar-refractivity contribution in [2.75, 3.05) is 12.4 Å². The van der Waals surface area contributed by atoms with Gasteiger partial charge in [-0.05, 0) is 29.6 Å². The van der Waals surface area contributed by atoms with Crippen molar-refractivity contribution >= 4 is 39.7 Å². The highest BCUT2D eigenvalue weighted by Crippen LogP contribution is 2.33. The normalized spacial score (nSPS) is 10.1. The molecule has 0 atom stereocenters. The SMILES string of the molecule is COC(=O)c1cccc(C(=O)Nc2nc(-c3cccs3)c(C#N)s2)c1. The third-order valence-electron chi connectivity index (χ3n) is 3.25. The van der Waals surface area contributed by atoms with E-state index in [4.69, 9.17) is 0 Å². The van der Waals surface area contributed by atoms with Gasteiger partial charge in [0.25, 0.3) is 5.91 Å². The number of benzene rings is 1. The van der Waals surface area contributed by atoms with E-state index in [1.807, 2.05) is 17.5 Å². The highest BCUT2D eigenvalue weighted by atomic mass is 32.1. The first-order chi connectivity index (χ1) is 12.1. The number of ether oxygens (including phenoxy) is 1. The fraction of sp³-hybridized carbons (Fsp3) is 0.0588. The number of nitrogens with zero attached hydrogens (tertiary/aromatic N) is 2. The molecule has 3 rings (SSSR count). The number of rotatable bonds is 4. The second-order valence-corrected chi connectivity index (χ2v) is 6.76. The molecule has 0 radical (unpaired) electrons. The molecule has 0 saturated heterocycles. The number of carbonyl (C=O) groups is 2. The predicted octanol–water partition coefficient (Wildman–Crippen LogP) is 3.78. The summed E-state index contributed by atoms with van der Waals surface area (Å²) in [4.78, 5) is 29.6. The van der Waals surface area contributed by atoms with Gasteiger partial charge in [-0.15, -0.1) is 11.3 Å². The second-order valence-electron chi connectivity index (χ2n) is 4.81. The summed E-state index contributed by atoms with van der Waals surface area (Å²) < 4.78 is 4.65. The van der Waals surface area contributed by atoms with Gasteiger partial charge in [-0.3, -0.25) is 10.1 Å². The zero-order chi connectivity index (χ0) is 17.8. The first kappa shape index (κ1) is 16.8. The zero-order valence-electron chi connectivity index (χ0n) is 13.0. The van der Waals surface area contributed by atoms with Crippen molar-refractivity contribution in [2.24, 2.45) is 0 Å². The van der Waals surface area contributed by atoms with Gasteiger partial charge in [-0.25, -0.2) is 9.78 Å². The number of methoxy groups -OCH3 is 1. The van der Waals surface area contributed by atoms with Gasteiger partial charge in [-0.1, -0.05) is 23.5 Å². The molecule has 0 saturated carbocycles. The Labute approximate surface area is 151 Å². The molecule has 0 aliphatic carbocycles. The molecule has 1 N–H and O–H groups in total. The molecule has 2 heterocycles. The van der Waals surface area contributed by atoms with Crippen LogP contribution in [-0.4, -0.2) is 24.0 Å². The van der Waals surface area contributed by atoms with E-state index in [-0.39, 0.29) is 5.56 Å². The van der Waals surface area contributed by atoms with E-state index in [1.165, 1.54) is 24.5 Å². The van der Waals surface area contributed by atoms with Gasteiger partial charge in [0.1, 0.15) is 16.6 Å². The molecule has 8 heteroatoms. The molecule has 0 spiro atoms. The molecule has 6 nitrogen and oxygen atoms in total. The molecule has 1 amide bonds. The molecular formula is C17H11N3O3S2. The topological polar surface area (TPSA) is 92.1 Å². The summed E-state index contributed by atoms with van der Waals surface area (Å²) in [5.41, 5.74) is 1.14. The van der Waals surface area contributed by atoms with Gasteiger partial charge in [0.2, 0.25) is 0 Å². The molecule has 0 aliphatic rings. The Morgan fingerprint density at radius 2 is 2.04 bits per heavy atom. The minimum atomic E-state index is -0.518. The van der Waals surface area contributed by atoms with Crippen molar-refractivity contribution in [1.29, 1.82) is 5.26 Å². The monoisotopic (exact) mass is 369 g/mol. The number of aromatic nitrogens is 1. The van der Waals surface area contributed by atoms with Crippen molar-refractivity contribution in [3.05, 3.63) is 57.8 Å².